The van der Waals surface area contributed by atoms with Gasteiger partial charge in [-0.3, -0.25) is 9.78 Å². The molecule has 1 unspecified atom stereocenters. The fourth-order valence-corrected chi connectivity index (χ4v) is 4.54. The second-order valence-corrected chi connectivity index (χ2v) is 8.59. The van der Waals surface area contributed by atoms with E-state index in [1.807, 2.05) is 25.1 Å². The second kappa shape index (κ2) is 7.98. The minimum absolute atomic E-state index is 0.185. The zero-order chi connectivity index (χ0) is 21.4. The van der Waals surface area contributed by atoms with Crippen LogP contribution in [0.5, 0.6) is 5.75 Å². The van der Waals surface area contributed by atoms with Crippen molar-refractivity contribution in [2.24, 2.45) is 0 Å². The summed E-state index contributed by atoms with van der Waals surface area (Å²) in [7, 11) is 0. The van der Waals surface area contributed by atoms with Gasteiger partial charge in [0.1, 0.15) is 22.9 Å². The van der Waals surface area contributed by atoms with Gasteiger partial charge in [0.15, 0.2) is 0 Å². The Bertz CT molecular complexity index is 1120. The van der Waals surface area contributed by atoms with Gasteiger partial charge in [-0.15, -0.1) is 0 Å². The number of nitrogens with one attached hydrogen (secondary N) is 2. The summed E-state index contributed by atoms with van der Waals surface area (Å²) >= 11 is 6.14. The molecule has 4 heterocycles. The highest BCUT2D eigenvalue weighted by Gasteiger charge is 2.43. The monoisotopic (exact) mass is 438 g/mol. The lowest BCUT2D eigenvalue weighted by atomic mass is 9.81. The maximum atomic E-state index is 12.9. The van der Waals surface area contributed by atoms with Crippen molar-refractivity contribution in [1.29, 1.82) is 0 Å². The van der Waals surface area contributed by atoms with Gasteiger partial charge in [0.2, 0.25) is 0 Å². The van der Waals surface area contributed by atoms with E-state index in [1.54, 1.807) is 18.6 Å². The van der Waals surface area contributed by atoms with Gasteiger partial charge in [-0.05, 0) is 30.7 Å². The molecule has 1 amide bonds. The summed E-state index contributed by atoms with van der Waals surface area (Å²) in [5.74, 6) is 1.31. The molecule has 2 N–H and O–H groups in total. The average molecular weight is 439 g/mol. The van der Waals surface area contributed by atoms with Crippen LogP contribution in [0.4, 0.5) is 0 Å². The normalized spacial score (nSPS) is 19.5. The zero-order valence-corrected chi connectivity index (χ0v) is 17.9. The van der Waals surface area contributed by atoms with Gasteiger partial charge in [-0.25, -0.2) is 4.98 Å². The maximum absolute atomic E-state index is 12.9. The summed E-state index contributed by atoms with van der Waals surface area (Å²) in [6, 6.07) is 7.70. The van der Waals surface area contributed by atoms with Crippen molar-refractivity contribution < 1.29 is 14.3 Å². The van der Waals surface area contributed by atoms with Crippen LogP contribution in [0.15, 0.2) is 42.9 Å². The molecule has 0 radical (unpaired) electrons. The number of benzene rings is 1. The Kier molecular flexibility index (Phi) is 5.16. The Labute approximate surface area is 185 Å². The number of ether oxygens (including phenoxy) is 2. The molecule has 1 spiro atoms. The highest BCUT2D eigenvalue weighted by atomic mass is 35.5. The van der Waals surface area contributed by atoms with Crippen molar-refractivity contribution in [3.05, 3.63) is 65.0 Å². The minimum atomic E-state index is -0.341. The maximum Gasteiger partial charge on any atom is 0.269 e. The van der Waals surface area contributed by atoms with Gasteiger partial charge in [0, 0.05) is 42.8 Å². The first-order valence-electron chi connectivity index (χ1n) is 10.4. The first-order valence-corrected chi connectivity index (χ1v) is 10.7. The third kappa shape index (κ3) is 4.03. The number of nitrogens with zero attached hydrogens (tertiary/aromatic N) is 2. The fourth-order valence-electron chi connectivity index (χ4n) is 4.37. The van der Waals surface area contributed by atoms with Crippen LogP contribution in [-0.2, 0) is 4.74 Å². The molecule has 7 nitrogen and oxygen atoms in total. The van der Waals surface area contributed by atoms with Crippen LogP contribution in [0.25, 0.3) is 11.1 Å². The largest absolute Gasteiger partial charge is 0.487 e. The highest BCUT2D eigenvalue weighted by molar-refractivity contribution is 6.30. The van der Waals surface area contributed by atoms with Crippen molar-refractivity contribution in [2.45, 2.75) is 37.8 Å². The first kappa shape index (κ1) is 20.0. The molecule has 1 atom stereocenters. The lowest BCUT2D eigenvalue weighted by Crippen LogP contribution is -2.48. The van der Waals surface area contributed by atoms with Gasteiger partial charge in [0.05, 0.1) is 30.5 Å². The Morgan fingerprint density at radius 1 is 1.19 bits per heavy atom. The van der Waals surface area contributed by atoms with Crippen molar-refractivity contribution in [1.82, 2.24) is 20.3 Å². The molecule has 1 saturated heterocycles. The third-order valence-electron chi connectivity index (χ3n) is 5.98. The van der Waals surface area contributed by atoms with E-state index < -0.39 is 0 Å². The third-order valence-corrected chi connectivity index (χ3v) is 6.19. The smallest absolute Gasteiger partial charge is 0.269 e. The summed E-state index contributed by atoms with van der Waals surface area (Å²) in [5.41, 5.74) is 2.93. The number of imidazole rings is 1. The van der Waals surface area contributed by atoms with Crippen LogP contribution in [0.1, 0.15) is 47.2 Å². The molecule has 3 aromatic rings. The predicted octanol–water partition coefficient (Wildman–Crippen LogP) is 4.24. The average Bonchev–Trinajstić information content (AvgIpc) is 3.20. The SMILES string of the molecule is Cc1ncc(C(=O)NC2CC3(CCOCC3)Oc3ccc(-c4cncc(Cl)c4)cc32)[nH]1. The van der Waals surface area contributed by atoms with Crippen LogP contribution >= 0.6 is 11.6 Å². The molecular weight excluding hydrogens is 416 g/mol. The number of pyridine rings is 1. The van der Waals surface area contributed by atoms with Gasteiger partial charge in [-0.1, -0.05) is 17.7 Å². The number of amides is 1. The molecule has 2 aromatic heterocycles. The van der Waals surface area contributed by atoms with Crippen LogP contribution in [0, 0.1) is 6.92 Å². The number of carbonyl (C=O) groups is 1. The molecule has 1 aromatic carbocycles. The van der Waals surface area contributed by atoms with E-state index in [2.05, 4.69) is 26.3 Å². The first-order chi connectivity index (χ1) is 15.0. The topological polar surface area (TPSA) is 89.1 Å². The van der Waals surface area contributed by atoms with E-state index in [1.165, 1.54) is 0 Å². The number of rotatable bonds is 3. The van der Waals surface area contributed by atoms with Gasteiger partial charge in [0.25, 0.3) is 5.91 Å². The number of aromatic nitrogens is 3. The number of hydrogen-bond donors (Lipinski definition) is 2. The molecule has 2 aliphatic rings. The van der Waals surface area contributed by atoms with Gasteiger partial charge < -0.3 is 19.8 Å². The number of hydrogen-bond acceptors (Lipinski definition) is 5. The van der Waals surface area contributed by atoms with Crippen LogP contribution in [0.2, 0.25) is 5.02 Å². The highest BCUT2D eigenvalue weighted by Crippen LogP contribution is 2.45. The Hall–Kier alpha value is -2.90. The van der Waals surface area contributed by atoms with E-state index in [4.69, 9.17) is 21.1 Å². The quantitative estimate of drug-likeness (QED) is 0.638. The summed E-state index contributed by atoms with van der Waals surface area (Å²) in [5, 5.41) is 3.77. The summed E-state index contributed by atoms with van der Waals surface area (Å²) in [6.45, 7) is 3.13. The van der Waals surface area contributed by atoms with E-state index in [0.717, 1.165) is 35.3 Å². The summed E-state index contributed by atoms with van der Waals surface area (Å²) < 4.78 is 12.1. The lowest BCUT2D eigenvalue weighted by molar-refractivity contribution is -0.0639. The van der Waals surface area contributed by atoms with Crippen LogP contribution < -0.4 is 10.1 Å². The number of halogens is 1. The number of carbonyl (C=O) groups excluding carboxylic acids is 1. The number of aryl methyl sites for hydroxylation is 1. The lowest BCUT2D eigenvalue weighted by Gasteiger charge is -2.44. The number of H-pyrrole nitrogens is 1. The standard InChI is InChI=1S/C23H23ClN4O3/c1-14-26-13-20(27-14)22(29)28-19-10-23(4-6-30-7-5-23)31-21-3-2-15(9-18(19)21)16-8-17(24)12-25-11-16/h2-3,8-9,11-13,19H,4-7,10H2,1H3,(H,26,27)(H,28,29). The van der Waals surface area contributed by atoms with Crippen molar-refractivity contribution >= 4 is 17.5 Å². The van der Waals surface area contributed by atoms with E-state index in [9.17, 15) is 4.79 Å². The van der Waals surface area contributed by atoms with E-state index >= 15 is 0 Å². The Morgan fingerprint density at radius 2 is 2.03 bits per heavy atom. The molecule has 0 saturated carbocycles. The molecule has 2 aliphatic heterocycles. The Morgan fingerprint density at radius 3 is 2.77 bits per heavy atom. The van der Waals surface area contributed by atoms with E-state index in [0.29, 0.717) is 36.2 Å². The molecule has 5 rings (SSSR count). The number of fused-ring (bicyclic) bond motifs is 1. The van der Waals surface area contributed by atoms with Crippen LogP contribution in [-0.4, -0.2) is 39.7 Å². The predicted molar refractivity (Wildman–Crippen MR) is 116 cm³/mol. The summed E-state index contributed by atoms with van der Waals surface area (Å²) in [4.78, 5) is 24.3. The van der Waals surface area contributed by atoms with E-state index in [-0.39, 0.29) is 17.6 Å². The van der Waals surface area contributed by atoms with Crippen molar-refractivity contribution in [2.75, 3.05) is 13.2 Å². The summed E-state index contributed by atoms with van der Waals surface area (Å²) in [6.07, 6.45) is 7.21. The van der Waals surface area contributed by atoms with Crippen molar-refractivity contribution in [3.63, 3.8) is 0 Å². The zero-order valence-electron chi connectivity index (χ0n) is 17.2. The fraction of sp³-hybridized carbons (Fsp3) is 0.348. The molecular formula is C23H23ClN4O3. The second-order valence-electron chi connectivity index (χ2n) is 8.15. The van der Waals surface area contributed by atoms with Crippen molar-refractivity contribution in [3.8, 4) is 16.9 Å². The Balaban J connectivity index is 1.52. The van der Waals surface area contributed by atoms with Gasteiger partial charge in [-0.2, -0.15) is 0 Å². The minimum Gasteiger partial charge on any atom is -0.487 e. The number of aromatic amines is 1. The molecule has 160 valence electrons. The van der Waals surface area contributed by atoms with Gasteiger partial charge >= 0.3 is 0 Å². The molecule has 1 fully saturated rings. The molecule has 0 bridgehead atoms. The molecule has 8 heteroatoms. The van der Waals surface area contributed by atoms with Crippen LogP contribution in [0.3, 0.4) is 0 Å². The molecule has 31 heavy (non-hydrogen) atoms. The molecule has 0 aliphatic carbocycles.